The molecule has 0 aromatic heterocycles. The van der Waals surface area contributed by atoms with Crippen molar-refractivity contribution in [1.29, 1.82) is 0 Å². The van der Waals surface area contributed by atoms with Gasteiger partial charge in [0, 0.05) is 5.56 Å². The van der Waals surface area contributed by atoms with Crippen LogP contribution >= 0.6 is 0 Å². The number of hydrogen-bond donors (Lipinski definition) is 1. The number of allylic oxidation sites excluding steroid dienone is 1. The van der Waals surface area contributed by atoms with Gasteiger partial charge in [0.25, 0.3) is 0 Å². The number of phenolic OH excluding ortho intramolecular Hbond substituents is 1. The predicted molar refractivity (Wildman–Crippen MR) is 106 cm³/mol. The molecule has 0 unspecified atom stereocenters. The van der Waals surface area contributed by atoms with Gasteiger partial charge in [-0.2, -0.15) is 0 Å². The fourth-order valence-corrected chi connectivity index (χ4v) is 2.85. The minimum atomic E-state index is -0.270. The highest BCUT2D eigenvalue weighted by Gasteiger charge is 2.21. The molecular formula is C22H26O5. The van der Waals surface area contributed by atoms with Crippen LogP contribution in [-0.2, 0) is 5.41 Å². The van der Waals surface area contributed by atoms with Crippen LogP contribution in [0.4, 0.5) is 0 Å². The molecule has 0 spiro atoms. The summed E-state index contributed by atoms with van der Waals surface area (Å²) in [5.41, 5.74) is 1.54. The minimum absolute atomic E-state index is 0.174. The number of benzene rings is 2. The number of carbonyl (C=O) groups excluding carboxylic acids is 1. The van der Waals surface area contributed by atoms with Gasteiger partial charge in [0.05, 0.1) is 26.9 Å². The first-order valence-electron chi connectivity index (χ1n) is 8.58. The largest absolute Gasteiger partial charge is 0.507 e. The first-order valence-corrected chi connectivity index (χ1v) is 8.58. The molecule has 0 saturated carbocycles. The molecule has 0 bridgehead atoms. The van der Waals surface area contributed by atoms with E-state index in [2.05, 4.69) is 0 Å². The van der Waals surface area contributed by atoms with Crippen LogP contribution in [0.15, 0.2) is 36.4 Å². The Bertz CT molecular complexity index is 860. The second kappa shape index (κ2) is 8.16. The first-order chi connectivity index (χ1) is 12.7. The summed E-state index contributed by atoms with van der Waals surface area (Å²) >= 11 is 0. The van der Waals surface area contributed by atoms with Gasteiger partial charge in [-0.1, -0.05) is 39.0 Å². The van der Waals surface area contributed by atoms with Crippen LogP contribution in [-0.4, -0.2) is 32.2 Å². The molecule has 0 heterocycles. The minimum Gasteiger partial charge on any atom is -0.507 e. The first kappa shape index (κ1) is 20.4. The smallest absolute Gasteiger partial charge is 0.204 e. The Labute approximate surface area is 160 Å². The fraction of sp³-hybridized carbons (Fsp3) is 0.318. The second-order valence-electron chi connectivity index (χ2n) is 7.07. The molecule has 27 heavy (non-hydrogen) atoms. The van der Waals surface area contributed by atoms with E-state index < -0.39 is 0 Å². The molecule has 0 aliphatic heterocycles. The molecule has 0 aliphatic rings. The zero-order valence-electron chi connectivity index (χ0n) is 16.6. The zero-order chi connectivity index (χ0) is 20.2. The highest BCUT2D eigenvalue weighted by molar-refractivity contribution is 6.09. The number of ketones is 1. The van der Waals surface area contributed by atoms with Crippen LogP contribution in [0.5, 0.6) is 23.0 Å². The van der Waals surface area contributed by atoms with Crippen molar-refractivity contribution in [3.63, 3.8) is 0 Å². The summed E-state index contributed by atoms with van der Waals surface area (Å²) in [7, 11) is 4.47. The van der Waals surface area contributed by atoms with E-state index in [0.29, 0.717) is 28.4 Å². The third-order valence-electron chi connectivity index (χ3n) is 4.26. The van der Waals surface area contributed by atoms with Gasteiger partial charge in [-0.15, -0.1) is 0 Å². The van der Waals surface area contributed by atoms with Crippen molar-refractivity contribution < 1.29 is 24.1 Å². The Morgan fingerprint density at radius 2 is 1.63 bits per heavy atom. The lowest BCUT2D eigenvalue weighted by atomic mass is 9.85. The average molecular weight is 370 g/mol. The monoisotopic (exact) mass is 370 g/mol. The standard InChI is InChI=1S/C22H26O5/c1-22(2,3)16-9-7-8-14(19(16)24)10-12-17(23)15-11-13-18(25-4)21(27-6)20(15)26-5/h7-13,24H,1-6H3/b12-10+. The lowest BCUT2D eigenvalue weighted by Crippen LogP contribution is -2.11. The maximum atomic E-state index is 12.7. The Morgan fingerprint density at radius 1 is 0.963 bits per heavy atom. The van der Waals surface area contributed by atoms with Crippen LogP contribution in [0.2, 0.25) is 0 Å². The Kier molecular flexibility index (Phi) is 6.16. The normalized spacial score (nSPS) is 11.5. The van der Waals surface area contributed by atoms with E-state index in [0.717, 1.165) is 5.56 Å². The van der Waals surface area contributed by atoms with Gasteiger partial charge in [0.2, 0.25) is 5.75 Å². The van der Waals surface area contributed by atoms with E-state index >= 15 is 0 Å². The Hall–Kier alpha value is -2.95. The van der Waals surface area contributed by atoms with Crippen LogP contribution in [0.25, 0.3) is 6.08 Å². The van der Waals surface area contributed by atoms with Crippen molar-refractivity contribution in [2.24, 2.45) is 0 Å². The highest BCUT2D eigenvalue weighted by atomic mass is 16.5. The van der Waals surface area contributed by atoms with Crippen molar-refractivity contribution in [3.05, 3.63) is 53.1 Å². The maximum Gasteiger partial charge on any atom is 0.204 e. The van der Waals surface area contributed by atoms with Crippen LogP contribution < -0.4 is 14.2 Å². The third kappa shape index (κ3) is 4.25. The summed E-state index contributed by atoms with van der Waals surface area (Å²) in [6.07, 6.45) is 3.01. The topological polar surface area (TPSA) is 65.0 Å². The van der Waals surface area contributed by atoms with Crippen LogP contribution in [0, 0.1) is 0 Å². The summed E-state index contributed by atoms with van der Waals surface area (Å²) in [6.45, 7) is 6.07. The Morgan fingerprint density at radius 3 is 2.19 bits per heavy atom. The van der Waals surface area contributed by atoms with E-state index in [1.54, 1.807) is 24.3 Å². The molecule has 0 atom stereocenters. The van der Waals surface area contributed by atoms with Crippen molar-refractivity contribution in [2.45, 2.75) is 26.2 Å². The molecule has 0 radical (unpaired) electrons. The van der Waals surface area contributed by atoms with Gasteiger partial charge < -0.3 is 19.3 Å². The number of rotatable bonds is 6. The van der Waals surface area contributed by atoms with E-state index in [1.165, 1.54) is 27.4 Å². The quantitative estimate of drug-likeness (QED) is 0.594. The Balaban J connectivity index is 2.41. The molecule has 0 fully saturated rings. The molecule has 2 aromatic rings. The highest BCUT2D eigenvalue weighted by Crippen LogP contribution is 2.40. The van der Waals surface area contributed by atoms with Gasteiger partial charge in [0.1, 0.15) is 5.75 Å². The molecule has 5 heteroatoms. The zero-order valence-corrected chi connectivity index (χ0v) is 16.6. The van der Waals surface area contributed by atoms with Gasteiger partial charge in [-0.25, -0.2) is 0 Å². The molecule has 0 amide bonds. The molecule has 1 N–H and O–H groups in total. The number of para-hydroxylation sites is 1. The summed E-state index contributed by atoms with van der Waals surface area (Å²) in [5.74, 6) is 1.04. The molecule has 2 aromatic carbocycles. The number of hydrogen-bond acceptors (Lipinski definition) is 5. The summed E-state index contributed by atoms with van der Waals surface area (Å²) in [5, 5.41) is 10.5. The predicted octanol–water partition coefficient (Wildman–Crippen LogP) is 4.61. The molecule has 0 saturated heterocycles. The van der Waals surface area contributed by atoms with Crippen molar-refractivity contribution >= 4 is 11.9 Å². The maximum absolute atomic E-state index is 12.7. The number of carbonyl (C=O) groups is 1. The number of methoxy groups -OCH3 is 3. The lowest BCUT2D eigenvalue weighted by molar-refractivity contribution is 0.104. The average Bonchev–Trinajstić information content (AvgIpc) is 2.64. The van der Waals surface area contributed by atoms with Crippen molar-refractivity contribution in [3.8, 4) is 23.0 Å². The SMILES string of the molecule is COc1ccc(C(=O)/C=C/c2cccc(C(C)(C)C)c2O)c(OC)c1OC. The number of aromatic hydroxyl groups is 1. The van der Waals surface area contributed by atoms with E-state index in [-0.39, 0.29) is 16.9 Å². The number of ether oxygens (including phenoxy) is 3. The summed E-state index contributed by atoms with van der Waals surface area (Å²) < 4.78 is 15.9. The molecule has 5 nitrogen and oxygen atoms in total. The molecular weight excluding hydrogens is 344 g/mol. The van der Waals surface area contributed by atoms with Crippen molar-refractivity contribution in [2.75, 3.05) is 21.3 Å². The summed E-state index contributed by atoms with van der Waals surface area (Å²) in [6, 6.07) is 8.78. The number of phenols is 1. The summed E-state index contributed by atoms with van der Waals surface area (Å²) in [4.78, 5) is 12.7. The van der Waals surface area contributed by atoms with E-state index in [9.17, 15) is 9.90 Å². The second-order valence-corrected chi connectivity index (χ2v) is 7.07. The van der Waals surface area contributed by atoms with Gasteiger partial charge in [0.15, 0.2) is 17.3 Å². The van der Waals surface area contributed by atoms with Gasteiger partial charge in [-0.05, 0) is 35.3 Å². The van der Waals surface area contributed by atoms with E-state index in [1.807, 2.05) is 32.9 Å². The molecule has 2 rings (SSSR count). The van der Waals surface area contributed by atoms with Gasteiger partial charge in [-0.3, -0.25) is 4.79 Å². The van der Waals surface area contributed by atoms with Gasteiger partial charge >= 0.3 is 0 Å². The molecule has 144 valence electrons. The fourth-order valence-electron chi connectivity index (χ4n) is 2.85. The van der Waals surface area contributed by atoms with Crippen molar-refractivity contribution in [1.82, 2.24) is 0 Å². The van der Waals surface area contributed by atoms with Crippen LogP contribution in [0.1, 0.15) is 42.3 Å². The lowest BCUT2D eigenvalue weighted by Gasteiger charge is -2.21. The third-order valence-corrected chi connectivity index (χ3v) is 4.26. The van der Waals surface area contributed by atoms with Crippen LogP contribution in [0.3, 0.4) is 0 Å². The van der Waals surface area contributed by atoms with E-state index in [4.69, 9.17) is 14.2 Å². The molecule has 0 aliphatic carbocycles.